The maximum absolute atomic E-state index is 12.5. The van der Waals surface area contributed by atoms with Crippen LogP contribution in [-0.2, 0) is 9.59 Å². The molecule has 21 heavy (non-hydrogen) atoms. The molecule has 0 aromatic rings. The first-order valence-corrected chi connectivity index (χ1v) is 7.71. The zero-order chi connectivity index (χ0) is 16.1. The van der Waals surface area contributed by atoms with Crippen molar-refractivity contribution < 1.29 is 14.7 Å². The number of amides is 2. The third-order valence-corrected chi connectivity index (χ3v) is 4.72. The monoisotopic (exact) mass is 296 g/mol. The number of likely N-dealkylation sites (tertiary alicyclic amines) is 1. The normalized spacial score (nSPS) is 31.1. The second-order valence-corrected chi connectivity index (χ2v) is 8.64. The molecule has 2 rings (SSSR count). The van der Waals surface area contributed by atoms with Gasteiger partial charge in [-0.05, 0) is 43.9 Å². The first-order chi connectivity index (χ1) is 9.47. The molecule has 1 aliphatic carbocycles. The number of hydrogen-bond acceptors (Lipinski definition) is 3. The number of carbonyl (C=O) groups excluding carboxylic acids is 2. The van der Waals surface area contributed by atoms with E-state index in [2.05, 4.69) is 26.1 Å². The first kappa shape index (κ1) is 16.3. The van der Waals surface area contributed by atoms with Gasteiger partial charge in [0.2, 0.25) is 0 Å². The van der Waals surface area contributed by atoms with Crippen LogP contribution in [0.2, 0.25) is 0 Å². The van der Waals surface area contributed by atoms with E-state index in [4.69, 9.17) is 0 Å². The predicted molar refractivity (Wildman–Crippen MR) is 80.5 cm³/mol. The van der Waals surface area contributed by atoms with Gasteiger partial charge >= 0.3 is 11.8 Å². The van der Waals surface area contributed by atoms with E-state index < -0.39 is 17.4 Å². The van der Waals surface area contributed by atoms with Crippen LogP contribution in [-0.4, -0.2) is 46.6 Å². The lowest BCUT2D eigenvalue weighted by atomic mass is 9.65. The molecular formula is C16H28N2O3. The van der Waals surface area contributed by atoms with Gasteiger partial charge in [0.25, 0.3) is 0 Å². The Morgan fingerprint density at radius 1 is 1.29 bits per heavy atom. The van der Waals surface area contributed by atoms with Crippen LogP contribution in [0.4, 0.5) is 0 Å². The molecule has 5 nitrogen and oxygen atoms in total. The van der Waals surface area contributed by atoms with Crippen molar-refractivity contribution in [2.45, 2.75) is 65.5 Å². The number of nitrogens with zero attached hydrogens (tertiary/aromatic N) is 1. The Morgan fingerprint density at radius 2 is 1.90 bits per heavy atom. The first-order valence-electron chi connectivity index (χ1n) is 7.71. The van der Waals surface area contributed by atoms with E-state index in [1.807, 2.05) is 0 Å². The van der Waals surface area contributed by atoms with Gasteiger partial charge in [0.05, 0.1) is 12.1 Å². The maximum Gasteiger partial charge on any atom is 0.312 e. The van der Waals surface area contributed by atoms with Crippen LogP contribution in [0.25, 0.3) is 0 Å². The number of hydrogen-bond donors (Lipinski definition) is 2. The Morgan fingerprint density at radius 3 is 2.48 bits per heavy atom. The lowest BCUT2D eigenvalue weighted by Crippen LogP contribution is -2.53. The van der Waals surface area contributed by atoms with Crippen molar-refractivity contribution in [3.8, 4) is 0 Å². The Kier molecular flexibility index (Phi) is 3.85. The molecule has 2 aliphatic rings. The van der Waals surface area contributed by atoms with Crippen LogP contribution < -0.4 is 5.32 Å². The third-order valence-electron chi connectivity index (χ3n) is 4.72. The van der Waals surface area contributed by atoms with Gasteiger partial charge in [0, 0.05) is 12.6 Å². The van der Waals surface area contributed by atoms with Crippen molar-refractivity contribution in [1.29, 1.82) is 0 Å². The van der Waals surface area contributed by atoms with Crippen LogP contribution >= 0.6 is 0 Å². The molecule has 5 heteroatoms. The van der Waals surface area contributed by atoms with Gasteiger partial charge in [-0.2, -0.15) is 0 Å². The molecule has 1 saturated carbocycles. The zero-order valence-corrected chi connectivity index (χ0v) is 13.8. The van der Waals surface area contributed by atoms with Gasteiger partial charge in [-0.1, -0.05) is 20.8 Å². The zero-order valence-electron chi connectivity index (χ0n) is 13.8. The summed E-state index contributed by atoms with van der Waals surface area (Å²) in [7, 11) is 0. The fourth-order valence-electron chi connectivity index (χ4n) is 4.23. The van der Waals surface area contributed by atoms with E-state index in [0.717, 1.165) is 19.3 Å². The molecule has 0 radical (unpaired) electrons. The molecule has 2 bridgehead atoms. The Balaban J connectivity index is 2.09. The summed E-state index contributed by atoms with van der Waals surface area (Å²) >= 11 is 0. The summed E-state index contributed by atoms with van der Waals surface area (Å²) in [4.78, 5) is 26.4. The average molecular weight is 296 g/mol. The smallest absolute Gasteiger partial charge is 0.312 e. The highest BCUT2D eigenvalue weighted by molar-refractivity contribution is 6.35. The van der Waals surface area contributed by atoms with Crippen molar-refractivity contribution in [3.05, 3.63) is 0 Å². The van der Waals surface area contributed by atoms with Crippen molar-refractivity contribution in [1.82, 2.24) is 10.2 Å². The Hall–Kier alpha value is -1.10. The second-order valence-electron chi connectivity index (χ2n) is 8.64. The molecule has 2 amide bonds. The fourth-order valence-corrected chi connectivity index (χ4v) is 4.23. The highest BCUT2D eigenvalue weighted by Gasteiger charge is 2.51. The highest BCUT2D eigenvalue weighted by Crippen LogP contribution is 2.52. The summed E-state index contributed by atoms with van der Waals surface area (Å²) in [6.45, 7) is 10.5. The fraction of sp³-hybridized carbons (Fsp3) is 0.875. The molecule has 0 spiro atoms. The Labute approximate surface area is 127 Å². The van der Waals surface area contributed by atoms with Crippen molar-refractivity contribution >= 4 is 11.8 Å². The number of aliphatic hydroxyl groups is 1. The molecule has 2 fully saturated rings. The summed E-state index contributed by atoms with van der Waals surface area (Å²) in [6.07, 6.45) is 3.02. The quantitative estimate of drug-likeness (QED) is 0.755. The van der Waals surface area contributed by atoms with Gasteiger partial charge in [0.1, 0.15) is 0 Å². The van der Waals surface area contributed by atoms with E-state index >= 15 is 0 Å². The molecule has 120 valence electrons. The third kappa shape index (κ3) is 3.39. The van der Waals surface area contributed by atoms with E-state index in [1.165, 1.54) is 0 Å². The molecular weight excluding hydrogens is 268 g/mol. The topological polar surface area (TPSA) is 69.6 Å². The van der Waals surface area contributed by atoms with Gasteiger partial charge < -0.3 is 15.3 Å². The number of fused-ring (bicyclic) bond motifs is 2. The van der Waals surface area contributed by atoms with Gasteiger partial charge in [-0.3, -0.25) is 9.59 Å². The molecule has 1 aliphatic heterocycles. The molecule has 0 aromatic heterocycles. The highest BCUT2D eigenvalue weighted by atomic mass is 16.3. The lowest BCUT2D eigenvalue weighted by molar-refractivity contribution is -0.147. The van der Waals surface area contributed by atoms with Gasteiger partial charge in [-0.25, -0.2) is 0 Å². The van der Waals surface area contributed by atoms with Gasteiger partial charge in [-0.15, -0.1) is 0 Å². The van der Waals surface area contributed by atoms with Crippen LogP contribution in [0.1, 0.15) is 53.9 Å². The predicted octanol–water partition coefficient (Wildman–Crippen LogP) is 1.30. The standard InChI is InChI=1S/C16H28N2O3/c1-14(2)6-11-7-16(5,8-14)9-18(11)13(21)12(20)17-15(3,4)10-19/h11,19H,6-10H2,1-5H3,(H,17,20). The number of rotatable bonds is 2. The summed E-state index contributed by atoms with van der Waals surface area (Å²) in [5.41, 5.74) is -0.437. The summed E-state index contributed by atoms with van der Waals surface area (Å²) in [6, 6.07) is 0.161. The number of carbonyl (C=O) groups is 2. The van der Waals surface area contributed by atoms with Crippen LogP contribution in [0.3, 0.4) is 0 Å². The van der Waals surface area contributed by atoms with Gasteiger partial charge in [0.15, 0.2) is 0 Å². The summed E-state index contributed by atoms with van der Waals surface area (Å²) < 4.78 is 0. The van der Waals surface area contributed by atoms with Crippen molar-refractivity contribution in [3.63, 3.8) is 0 Å². The van der Waals surface area contributed by atoms with Crippen molar-refractivity contribution in [2.24, 2.45) is 10.8 Å². The molecule has 2 atom stereocenters. The largest absolute Gasteiger partial charge is 0.394 e. The van der Waals surface area contributed by atoms with E-state index in [-0.39, 0.29) is 23.5 Å². The van der Waals surface area contributed by atoms with Crippen LogP contribution in [0.15, 0.2) is 0 Å². The molecule has 0 aromatic carbocycles. The second kappa shape index (κ2) is 4.97. The number of aliphatic hydroxyl groups excluding tert-OH is 1. The van der Waals surface area contributed by atoms with Crippen LogP contribution in [0.5, 0.6) is 0 Å². The maximum atomic E-state index is 12.5. The SMILES string of the molecule is CC1(C)CC2CC(C)(CN2C(=O)C(=O)NC(C)(C)CO)C1. The van der Waals surface area contributed by atoms with Crippen LogP contribution in [0, 0.1) is 10.8 Å². The minimum Gasteiger partial charge on any atom is -0.394 e. The Bertz CT molecular complexity index is 458. The molecule has 2 N–H and O–H groups in total. The minimum atomic E-state index is -0.773. The van der Waals surface area contributed by atoms with Crippen molar-refractivity contribution in [2.75, 3.05) is 13.2 Å². The summed E-state index contributed by atoms with van der Waals surface area (Å²) in [5.74, 6) is -1.06. The molecule has 2 unspecified atom stereocenters. The average Bonchev–Trinajstić information content (AvgIpc) is 2.57. The molecule has 1 heterocycles. The molecule has 1 saturated heterocycles. The van der Waals surface area contributed by atoms with E-state index in [1.54, 1.807) is 18.7 Å². The summed E-state index contributed by atoms with van der Waals surface area (Å²) in [5, 5.41) is 11.8. The minimum absolute atomic E-state index is 0.120. The van der Waals surface area contributed by atoms with E-state index in [9.17, 15) is 14.7 Å². The number of nitrogens with one attached hydrogen (secondary N) is 1. The lowest BCUT2D eigenvalue weighted by Gasteiger charge is -2.39. The van der Waals surface area contributed by atoms with E-state index in [0.29, 0.717) is 6.54 Å².